The number of methoxy groups -OCH3 is 2. The average Bonchev–Trinajstić information content (AvgIpc) is 2.97. The maximum Gasteiger partial charge on any atom is 0.271 e. The maximum atomic E-state index is 13.1. The Hall–Kier alpha value is -1.87. The first-order valence-corrected chi connectivity index (χ1v) is 9.66. The zero-order valence-corrected chi connectivity index (χ0v) is 17.0. The van der Waals surface area contributed by atoms with E-state index in [9.17, 15) is 4.79 Å². The van der Waals surface area contributed by atoms with Gasteiger partial charge in [-0.05, 0) is 26.8 Å². The number of rotatable bonds is 4. The number of ether oxygens (including phenoxy) is 3. The van der Waals surface area contributed by atoms with Crippen LogP contribution in [-0.4, -0.2) is 40.6 Å². The molecule has 0 spiro atoms. The molecule has 1 aliphatic heterocycles. The zero-order valence-electron chi connectivity index (χ0n) is 16.2. The summed E-state index contributed by atoms with van der Waals surface area (Å²) < 4.78 is 18.6. The van der Waals surface area contributed by atoms with E-state index >= 15 is 0 Å². The van der Waals surface area contributed by atoms with Crippen LogP contribution in [0.5, 0.6) is 0 Å². The van der Waals surface area contributed by atoms with Gasteiger partial charge in [0.15, 0.2) is 6.29 Å². The molecule has 0 aliphatic carbocycles. The summed E-state index contributed by atoms with van der Waals surface area (Å²) in [6.07, 6.45) is 0.256. The van der Waals surface area contributed by atoms with Crippen LogP contribution in [0.2, 0.25) is 0 Å². The molecule has 0 amide bonds. The number of pyridine rings is 1. The predicted octanol–water partition coefficient (Wildman–Crippen LogP) is 2.78. The highest BCUT2D eigenvalue weighted by atomic mass is 32.1. The summed E-state index contributed by atoms with van der Waals surface area (Å²) in [5.41, 5.74) is 2.51. The molecular formula is C19H23N3O4S. The summed E-state index contributed by atoms with van der Waals surface area (Å²) in [4.78, 5) is 23.5. The first-order chi connectivity index (χ1) is 12.8. The van der Waals surface area contributed by atoms with Gasteiger partial charge in [-0.1, -0.05) is 0 Å². The van der Waals surface area contributed by atoms with Gasteiger partial charge in [-0.2, -0.15) is 0 Å². The summed E-state index contributed by atoms with van der Waals surface area (Å²) >= 11 is 1.40. The first kappa shape index (κ1) is 18.5. The minimum absolute atomic E-state index is 0.0887. The van der Waals surface area contributed by atoms with Crippen LogP contribution >= 0.6 is 11.3 Å². The number of thiophene rings is 1. The normalized spacial score (nSPS) is 16.4. The van der Waals surface area contributed by atoms with Crippen molar-refractivity contribution in [3.8, 4) is 0 Å². The van der Waals surface area contributed by atoms with Crippen LogP contribution in [0.1, 0.15) is 30.9 Å². The molecule has 7 nitrogen and oxygen atoms in total. The van der Waals surface area contributed by atoms with Crippen LogP contribution in [-0.2, 0) is 33.8 Å². The number of aromatic nitrogens is 3. The second-order valence-electron chi connectivity index (χ2n) is 7.43. The fourth-order valence-electron chi connectivity index (χ4n) is 3.45. The summed E-state index contributed by atoms with van der Waals surface area (Å²) in [6.45, 7) is 6.78. The molecule has 0 N–H and O–H groups in total. The van der Waals surface area contributed by atoms with E-state index < -0.39 is 6.29 Å². The van der Waals surface area contributed by atoms with Crippen LogP contribution in [0.15, 0.2) is 10.9 Å². The fourth-order valence-corrected chi connectivity index (χ4v) is 4.52. The van der Waals surface area contributed by atoms with E-state index in [0.29, 0.717) is 29.2 Å². The third-order valence-electron chi connectivity index (χ3n) is 5.00. The van der Waals surface area contributed by atoms with Crippen LogP contribution in [0, 0.1) is 6.92 Å². The standard InChI is InChI=1S/C19H23N3O4S/c1-10-20-15-12-6-11-9-26-19(2,3)7-13(11)21-17(12)27-16(15)18(23)22(10)8-14(24-4)25-5/h6,14H,7-9H2,1-5H3. The number of nitrogens with zero attached hydrogens (tertiary/aromatic N) is 3. The van der Waals surface area contributed by atoms with Gasteiger partial charge in [0.05, 0.1) is 30.0 Å². The minimum atomic E-state index is -0.500. The van der Waals surface area contributed by atoms with Crippen molar-refractivity contribution in [1.82, 2.24) is 14.5 Å². The van der Waals surface area contributed by atoms with Gasteiger partial charge >= 0.3 is 0 Å². The highest BCUT2D eigenvalue weighted by Gasteiger charge is 2.28. The van der Waals surface area contributed by atoms with Gasteiger partial charge in [0, 0.05) is 31.6 Å². The number of aryl methyl sites for hydroxylation is 1. The molecule has 0 saturated carbocycles. The van der Waals surface area contributed by atoms with Gasteiger partial charge in [-0.3, -0.25) is 9.36 Å². The third-order valence-corrected chi connectivity index (χ3v) is 6.07. The third kappa shape index (κ3) is 3.16. The van der Waals surface area contributed by atoms with Gasteiger partial charge < -0.3 is 14.2 Å². The van der Waals surface area contributed by atoms with E-state index in [4.69, 9.17) is 24.2 Å². The van der Waals surface area contributed by atoms with Gasteiger partial charge in [0.25, 0.3) is 5.56 Å². The maximum absolute atomic E-state index is 13.1. The Bertz CT molecular complexity index is 1080. The topological polar surface area (TPSA) is 75.5 Å². The van der Waals surface area contributed by atoms with Crippen LogP contribution in [0.3, 0.4) is 0 Å². The second kappa shape index (κ2) is 6.63. The Labute approximate surface area is 160 Å². The molecule has 4 rings (SSSR count). The number of hydrogen-bond acceptors (Lipinski definition) is 7. The summed E-state index contributed by atoms with van der Waals surface area (Å²) in [6, 6.07) is 2.08. The summed E-state index contributed by atoms with van der Waals surface area (Å²) in [7, 11) is 3.11. The molecule has 3 aromatic rings. The molecule has 0 fully saturated rings. The molecule has 0 aromatic carbocycles. The Morgan fingerprint density at radius 3 is 2.78 bits per heavy atom. The lowest BCUT2D eigenvalue weighted by atomic mass is 9.95. The average molecular weight is 389 g/mol. The smallest absolute Gasteiger partial charge is 0.271 e. The minimum Gasteiger partial charge on any atom is -0.370 e. The molecule has 0 unspecified atom stereocenters. The van der Waals surface area contributed by atoms with Crippen molar-refractivity contribution in [2.75, 3.05) is 14.2 Å². The molecule has 0 saturated heterocycles. The SMILES string of the molecule is COC(Cn1c(C)nc2c(sc3nc4c(cc32)COC(C)(C)C4)c1=O)OC. The van der Waals surface area contributed by atoms with E-state index in [2.05, 4.69) is 19.9 Å². The van der Waals surface area contributed by atoms with Crippen molar-refractivity contribution >= 4 is 31.8 Å². The Kier molecular flexibility index (Phi) is 4.54. The number of fused-ring (bicyclic) bond motifs is 4. The first-order valence-electron chi connectivity index (χ1n) is 8.85. The van der Waals surface area contributed by atoms with Crippen molar-refractivity contribution in [2.24, 2.45) is 0 Å². The molecule has 1 aliphatic rings. The number of hydrogen-bond donors (Lipinski definition) is 0. The Morgan fingerprint density at radius 2 is 2.07 bits per heavy atom. The molecule has 4 heterocycles. The van der Waals surface area contributed by atoms with Crippen LogP contribution < -0.4 is 5.56 Å². The fraction of sp³-hybridized carbons (Fsp3) is 0.526. The Morgan fingerprint density at radius 1 is 1.33 bits per heavy atom. The second-order valence-corrected chi connectivity index (χ2v) is 8.43. The largest absolute Gasteiger partial charge is 0.370 e. The van der Waals surface area contributed by atoms with Gasteiger partial charge in [-0.15, -0.1) is 11.3 Å². The summed E-state index contributed by atoms with van der Waals surface area (Å²) in [5.74, 6) is 0.626. The highest BCUT2D eigenvalue weighted by Crippen LogP contribution is 2.34. The van der Waals surface area contributed by atoms with E-state index in [1.54, 1.807) is 18.8 Å². The predicted molar refractivity (Wildman–Crippen MR) is 104 cm³/mol. The van der Waals surface area contributed by atoms with Crippen LogP contribution in [0.4, 0.5) is 0 Å². The highest BCUT2D eigenvalue weighted by molar-refractivity contribution is 7.25. The molecule has 0 bridgehead atoms. The zero-order chi connectivity index (χ0) is 19.3. The van der Waals surface area contributed by atoms with E-state index in [0.717, 1.165) is 27.9 Å². The van der Waals surface area contributed by atoms with Gasteiger partial charge in [0.1, 0.15) is 15.4 Å². The van der Waals surface area contributed by atoms with Gasteiger partial charge in [0.2, 0.25) is 0 Å². The van der Waals surface area contributed by atoms with Gasteiger partial charge in [-0.25, -0.2) is 9.97 Å². The van der Waals surface area contributed by atoms with Crippen molar-refractivity contribution in [1.29, 1.82) is 0 Å². The molecule has 0 atom stereocenters. The van der Waals surface area contributed by atoms with Crippen molar-refractivity contribution < 1.29 is 14.2 Å². The summed E-state index contributed by atoms with van der Waals surface area (Å²) in [5, 5.41) is 0.916. The molecular weight excluding hydrogens is 366 g/mol. The molecule has 144 valence electrons. The van der Waals surface area contributed by atoms with Crippen molar-refractivity contribution in [2.45, 2.75) is 52.2 Å². The monoisotopic (exact) mass is 389 g/mol. The Balaban J connectivity index is 1.89. The lowest BCUT2D eigenvalue weighted by Gasteiger charge is -2.30. The van der Waals surface area contributed by atoms with E-state index in [-0.39, 0.29) is 11.2 Å². The van der Waals surface area contributed by atoms with Crippen LogP contribution in [0.25, 0.3) is 20.4 Å². The molecule has 27 heavy (non-hydrogen) atoms. The molecule has 0 radical (unpaired) electrons. The van der Waals surface area contributed by atoms with Crippen molar-refractivity contribution in [3.63, 3.8) is 0 Å². The van der Waals surface area contributed by atoms with Crippen molar-refractivity contribution in [3.05, 3.63) is 33.5 Å². The quantitative estimate of drug-likeness (QED) is 0.639. The molecule has 3 aromatic heterocycles. The lowest BCUT2D eigenvalue weighted by molar-refractivity contribution is -0.111. The molecule has 8 heteroatoms. The lowest BCUT2D eigenvalue weighted by Crippen LogP contribution is -2.32. The van der Waals surface area contributed by atoms with E-state index in [1.165, 1.54) is 11.3 Å². The van der Waals surface area contributed by atoms with E-state index in [1.807, 2.05) is 6.92 Å².